The van der Waals surface area contributed by atoms with Gasteiger partial charge in [-0.1, -0.05) is 6.07 Å². The molecule has 1 heterocycles. The quantitative estimate of drug-likeness (QED) is 0.199. The third-order valence-electron chi connectivity index (χ3n) is 5.91. The number of hydrogen-bond donors (Lipinski definition) is 3. The number of barbiturate groups is 1. The number of methoxy groups -OCH3 is 1. The van der Waals surface area contributed by atoms with Crippen LogP contribution in [0.3, 0.4) is 0 Å². The molecule has 1 saturated heterocycles. The van der Waals surface area contributed by atoms with Crippen LogP contribution in [0.5, 0.6) is 17.2 Å². The minimum Gasteiger partial charge on any atom is -0.508 e. The fourth-order valence-corrected chi connectivity index (χ4v) is 4.56. The van der Waals surface area contributed by atoms with Crippen molar-refractivity contribution in [3.8, 4) is 17.2 Å². The second kappa shape index (κ2) is 11.6. The molecule has 1 aliphatic rings. The first-order valence-electron chi connectivity index (χ1n) is 11.7. The largest absolute Gasteiger partial charge is 0.508 e. The van der Waals surface area contributed by atoms with Crippen LogP contribution in [0.2, 0.25) is 0 Å². The molecule has 200 valence electrons. The summed E-state index contributed by atoms with van der Waals surface area (Å²) in [5, 5.41) is 14.5. The zero-order chi connectivity index (χ0) is 28.3. The van der Waals surface area contributed by atoms with E-state index in [4.69, 9.17) is 9.47 Å². The summed E-state index contributed by atoms with van der Waals surface area (Å²) in [4.78, 5) is 51.3. The van der Waals surface area contributed by atoms with E-state index in [1.807, 2.05) is 54.6 Å². The third-order valence-corrected chi connectivity index (χ3v) is 6.71. The number of carbonyl (C=O) groups excluding carboxylic acids is 4. The number of nitrogens with zero attached hydrogens (tertiary/aromatic N) is 1. The second-order valence-corrected chi connectivity index (χ2v) is 9.81. The average Bonchev–Trinajstić information content (AvgIpc) is 2.88. The van der Waals surface area contributed by atoms with Crippen molar-refractivity contribution >= 4 is 63.8 Å². The number of aryl methyl sites for hydroxylation is 2. The Bertz CT molecular complexity index is 1520. The third kappa shape index (κ3) is 6.20. The zero-order valence-corrected chi connectivity index (χ0v) is 23.4. The van der Waals surface area contributed by atoms with Crippen molar-refractivity contribution in [3.63, 3.8) is 0 Å². The lowest BCUT2D eigenvalue weighted by Crippen LogP contribution is -2.54. The fourth-order valence-electron chi connectivity index (χ4n) is 3.78. The maximum atomic E-state index is 13.1. The van der Waals surface area contributed by atoms with Crippen LogP contribution in [0.15, 0.2) is 60.2 Å². The Hall–Kier alpha value is -4.39. The zero-order valence-electron chi connectivity index (χ0n) is 21.2. The van der Waals surface area contributed by atoms with Crippen LogP contribution < -0.4 is 25.0 Å². The topological polar surface area (TPSA) is 134 Å². The number of ether oxygens (including phenoxy) is 2. The number of imide groups is 2. The van der Waals surface area contributed by atoms with Crippen LogP contribution in [0.1, 0.15) is 16.7 Å². The molecule has 11 heteroatoms. The van der Waals surface area contributed by atoms with Gasteiger partial charge in [-0.3, -0.25) is 19.7 Å². The molecular formula is C28H24IN3O7. The van der Waals surface area contributed by atoms with E-state index in [0.717, 1.165) is 16.0 Å². The number of phenols is 1. The number of amides is 5. The predicted octanol–water partition coefficient (Wildman–Crippen LogP) is 4.31. The van der Waals surface area contributed by atoms with Gasteiger partial charge in [-0.05, 0) is 108 Å². The van der Waals surface area contributed by atoms with E-state index in [0.29, 0.717) is 20.6 Å². The van der Waals surface area contributed by atoms with Gasteiger partial charge in [-0.2, -0.15) is 0 Å². The minimum absolute atomic E-state index is 0.0397. The van der Waals surface area contributed by atoms with Gasteiger partial charge in [0.15, 0.2) is 18.1 Å². The van der Waals surface area contributed by atoms with Crippen molar-refractivity contribution < 1.29 is 33.8 Å². The normalized spacial score (nSPS) is 14.3. The molecule has 0 aliphatic carbocycles. The highest BCUT2D eigenvalue weighted by atomic mass is 127. The van der Waals surface area contributed by atoms with Gasteiger partial charge >= 0.3 is 6.03 Å². The van der Waals surface area contributed by atoms with E-state index in [1.165, 1.54) is 37.5 Å². The molecule has 0 radical (unpaired) electrons. The lowest BCUT2D eigenvalue weighted by Gasteiger charge is -2.26. The smallest absolute Gasteiger partial charge is 0.335 e. The molecule has 3 aromatic carbocycles. The molecule has 1 fully saturated rings. The highest BCUT2D eigenvalue weighted by Crippen LogP contribution is 2.35. The van der Waals surface area contributed by atoms with E-state index in [9.17, 15) is 24.3 Å². The molecule has 0 saturated carbocycles. The number of phenolic OH excluding ortho intramolecular Hbond substituents is 1. The summed E-state index contributed by atoms with van der Waals surface area (Å²) >= 11 is 2.00. The van der Waals surface area contributed by atoms with Gasteiger partial charge in [0.1, 0.15) is 11.3 Å². The average molecular weight is 641 g/mol. The Morgan fingerprint density at radius 3 is 2.44 bits per heavy atom. The Kier molecular flexibility index (Phi) is 8.19. The lowest BCUT2D eigenvalue weighted by molar-refractivity contribution is -0.122. The first kappa shape index (κ1) is 27.6. The van der Waals surface area contributed by atoms with Gasteiger partial charge in [0.25, 0.3) is 17.7 Å². The van der Waals surface area contributed by atoms with Crippen LogP contribution in [-0.2, 0) is 14.4 Å². The summed E-state index contributed by atoms with van der Waals surface area (Å²) in [6.45, 7) is 3.67. The van der Waals surface area contributed by atoms with Gasteiger partial charge < -0.3 is 19.9 Å². The molecule has 5 amide bonds. The number of anilines is 2. The van der Waals surface area contributed by atoms with Crippen molar-refractivity contribution in [2.24, 2.45) is 0 Å². The van der Waals surface area contributed by atoms with Gasteiger partial charge in [-0.25, -0.2) is 9.69 Å². The molecule has 3 N–H and O–H groups in total. The first-order chi connectivity index (χ1) is 18.6. The van der Waals surface area contributed by atoms with E-state index in [1.54, 1.807) is 12.1 Å². The molecule has 0 spiro atoms. The minimum atomic E-state index is -0.900. The van der Waals surface area contributed by atoms with Crippen LogP contribution >= 0.6 is 22.6 Å². The molecule has 3 aromatic rings. The van der Waals surface area contributed by atoms with Crippen molar-refractivity contribution in [2.75, 3.05) is 23.9 Å². The van der Waals surface area contributed by atoms with E-state index >= 15 is 0 Å². The summed E-state index contributed by atoms with van der Waals surface area (Å²) in [7, 11) is 1.42. The molecular weight excluding hydrogens is 617 g/mol. The summed E-state index contributed by atoms with van der Waals surface area (Å²) in [6.07, 6.45) is 1.33. The van der Waals surface area contributed by atoms with E-state index < -0.39 is 17.8 Å². The number of rotatable bonds is 7. The summed E-state index contributed by atoms with van der Waals surface area (Å²) in [5.74, 6) is -1.48. The Balaban J connectivity index is 1.54. The highest BCUT2D eigenvalue weighted by molar-refractivity contribution is 14.1. The van der Waals surface area contributed by atoms with E-state index in [-0.39, 0.29) is 35.3 Å². The number of urea groups is 1. The number of carbonyl (C=O) groups is 4. The summed E-state index contributed by atoms with van der Waals surface area (Å²) in [5.41, 5.74) is 3.17. The van der Waals surface area contributed by atoms with Crippen LogP contribution in [0, 0.1) is 17.4 Å². The second-order valence-electron chi connectivity index (χ2n) is 8.64. The maximum absolute atomic E-state index is 13.1. The summed E-state index contributed by atoms with van der Waals surface area (Å²) in [6, 6.07) is 13.3. The SMILES string of the molecule is COc1cc(/C=C2/C(=O)NC(=O)N(c3ccc(O)cc3)C2=O)cc(I)c1OCC(=O)Nc1ccc(C)c(C)c1. The van der Waals surface area contributed by atoms with Crippen LogP contribution in [-0.4, -0.2) is 42.6 Å². The van der Waals surface area contributed by atoms with Crippen LogP contribution in [0.4, 0.5) is 16.2 Å². The van der Waals surface area contributed by atoms with Crippen molar-refractivity contribution in [1.82, 2.24) is 5.32 Å². The molecule has 4 rings (SSSR count). The first-order valence-corrected chi connectivity index (χ1v) is 12.7. The van der Waals surface area contributed by atoms with Gasteiger partial charge in [0.2, 0.25) is 0 Å². The molecule has 0 aromatic heterocycles. The van der Waals surface area contributed by atoms with Crippen LogP contribution in [0.25, 0.3) is 6.08 Å². The number of hydrogen-bond acceptors (Lipinski definition) is 7. The number of benzene rings is 3. The number of halogens is 1. The van der Waals surface area contributed by atoms with Gasteiger partial charge in [0, 0.05) is 5.69 Å². The molecule has 0 bridgehead atoms. The molecule has 39 heavy (non-hydrogen) atoms. The predicted molar refractivity (Wildman–Crippen MR) is 153 cm³/mol. The Morgan fingerprint density at radius 1 is 1.05 bits per heavy atom. The lowest BCUT2D eigenvalue weighted by atomic mass is 10.1. The number of aromatic hydroxyl groups is 1. The van der Waals surface area contributed by atoms with E-state index in [2.05, 4.69) is 10.6 Å². The molecule has 10 nitrogen and oxygen atoms in total. The fraction of sp³-hybridized carbons (Fsp3) is 0.143. The van der Waals surface area contributed by atoms with Gasteiger partial charge in [0.05, 0.1) is 16.4 Å². The molecule has 1 aliphatic heterocycles. The summed E-state index contributed by atoms with van der Waals surface area (Å²) < 4.78 is 11.8. The van der Waals surface area contributed by atoms with Gasteiger partial charge in [-0.15, -0.1) is 0 Å². The maximum Gasteiger partial charge on any atom is 0.335 e. The highest BCUT2D eigenvalue weighted by Gasteiger charge is 2.36. The number of nitrogens with one attached hydrogen (secondary N) is 2. The molecule has 0 unspecified atom stereocenters. The standard InChI is InChI=1S/C28H24IN3O7/c1-15-4-5-18(10-16(15)2)30-24(34)14-39-25-22(29)12-17(13-23(25)38-3)11-21-26(35)31-28(37)32(27(21)36)19-6-8-20(33)9-7-19/h4-13,33H,14H2,1-3H3,(H,30,34)(H,31,35,37)/b21-11-. The monoisotopic (exact) mass is 641 g/mol. The Morgan fingerprint density at radius 2 is 1.77 bits per heavy atom. The van der Waals surface area contributed by atoms with Crippen molar-refractivity contribution in [3.05, 3.63) is 80.4 Å². The molecule has 0 atom stereocenters. The van der Waals surface area contributed by atoms with Crippen molar-refractivity contribution in [1.29, 1.82) is 0 Å². The van der Waals surface area contributed by atoms with Crippen molar-refractivity contribution in [2.45, 2.75) is 13.8 Å². The Labute approximate surface area is 237 Å².